The lowest BCUT2D eigenvalue weighted by Gasteiger charge is -2.47. The molecule has 4 N–H and O–H groups in total. The van der Waals surface area contributed by atoms with E-state index >= 15 is 4.39 Å². The standard InChI is InChI=1S/C23H21F2N7O2/c24-12-7-13-14(9-27-20(13)26-8-12)21-30-19(15-5-6-28-32-15)17(25)22(31-21)29-18-11-3-1-10(2-4-11)16(18)23(33)34/h5-11,16,18H,1-4H2,(H,26,27)(H,28,32)(H,33,34)(H,29,30,31)/t10?,11?,16-,18-/m0/s1. The second kappa shape index (κ2) is 7.86. The van der Waals surface area contributed by atoms with Gasteiger partial charge in [0.15, 0.2) is 17.5 Å². The number of carboxylic acids is 1. The van der Waals surface area contributed by atoms with Crippen molar-refractivity contribution in [2.24, 2.45) is 17.8 Å². The molecule has 2 bridgehead atoms. The Morgan fingerprint density at radius 3 is 2.68 bits per heavy atom. The number of nitrogens with zero attached hydrogens (tertiary/aromatic N) is 4. The molecule has 0 aromatic carbocycles. The third kappa shape index (κ3) is 3.30. The van der Waals surface area contributed by atoms with E-state index in [4.69, 9.17) is 0 Å². The average molecular weight is 465 g/mol. The van der Waals surface area contributed by atoms with Gasteiger partial charge in [0.1, 0.15) is 22.9 Å². The third-order valence-electron chi connectivity index (χ3n) is 7.14. The van der Waals surface area contributed by atoms with Gasteiger partial charge >= 0.3 is 5.97 Å². The van der Waals surface area contributed by atoms with Gasteiger partial charge in [-0.15, -0.1) is 0 Å². The number of aromatic amines is 2. The fourth-order valence-corrected chi connectivity index (χ4v) is 5.56. The number of pyridine rings is 1. The molecule has 9 nitrogen and oxygen atoms in total. The van der Waals surface area contributed by atoms with Crippen LogP contribution in [0.5, 0.6) is 0 Å². The van der Waals surface area contributed by atoms with E-state index in [0.29, 0.717) is 16.6 Å². The van der Waals surface area contributed by atoms with Crippen molar-refractivity contribution in [1.29, 1.82) is 0 Å². The zero-order valence-corrected chi connectivity index (χ0v) is 17.9. The van der Waals surface area contributed by atoms with Gasteiger partial charge in [-0.3, -0.25) is 9.89 Å². The Labute approximate surface area is 192 Å². The number of fused-ring (bicyclic) bond motifs is 4. The number of hydrogen-bond donors (Lipinski definition) is 4. The number of hydrogen-bond acceptors (Lipinski definition) is 6. The van der Waals surface area contributed by atoms with E-state index in [1.807, 2.05) is 0 Å². The van der Waals surface area contributed by atoms with Crippen LogP contribution in [0.3, 0.4) is 0 Å². The molecule has 0 aliphatic heterocycles. The summed E-state index contributed by atoms with van der Waals surface area (Å²) in [6, 6.07) is 2.44. The van der Waals surface area contributed by atoms with Crippen molar-refractivity contribution in [3.05, 3.63) is 42.4 Å². The number of carbonyl (C=O) groups is 1. The number of halogens is 2. The van der Waals surface area contributed by atoms with Gasteiger partial charge in [0, 0.05) is 29.4 Å². The maximum absolute atomic E-state index is 15.7. The number of H-pyrrole nitrogens is 2. The number of aliphatic carboxylic acids is 1. The molecule has 34 heavy (non-hydrogen) atoms. The molecule has 3 saturated carbocycles. The van der Waals surface area contributed by atoms with Crippen LogP contribution in [-0.2, 0) is 4.79 Å². The van der Waals surface area contributed by atoms with Crippen LogP contribution in [0.4, 0.5) is 14.6 Å². The van der Waals surface area contributed by atoms with Crippen molar-refractivity contribution >= 4 is 22.8 Å². The maximum atomic E-state index is 15.7. The van der Waals surface area contributed by atoms with Crippen LogP contribution < -0.4 is 5.32 Å². The highest BCUT2D eigenvalue weighted by Crippen LogP contribution is 2.46. The normalized spacial score (nSPS) is 23.9. The Hall–Kier alpha value is -3.89. The van der Waals surface area contributed by atoms with Crippen LogP contribution in [0.25, 0.3) is 33.8 Å². The minimum absolute atomic E-state index is 0.0414. The zero-order valence-electron chi connectivity index (χ0n) is 17.9. The van der Waals surface area contributed by atoms with E-state index in [-0.39, 0.29) is 34.9 Å². The van der Waals surface area contributed by atoms with Gasteiger partial charge < -0.3 is 15.4 Å². The topological polar surface area (TPSA) is 132 Å². The summed E-state index contributed by atoms with van der Waals surface area (Å²) in [5, 5.41) is 20.2. The molecular weight excluding hydrogens is 444 g/mol. The van der Waals surface area contributed by atoms with Crippen molar-refractivity contribution in [1.82, 2.24) is 30.1 Å². The Balaban J connectivity index is 1.49. The fourth-order valence-electron chi connectivity index (χ4n) is 5.56. The van der Waals surface area contributed by atoms with Gasteiger partial charge in [-0.05, 0) is 49.7 Å². The summed E-state index contributed by atoms with van der Waals surface area (Å²) in [7, 11) is 0. The van der Waals surface area contributed by atoms with Crippen LogP contribution in [-0.4, -0.2) is 47.3 Å². The molecule has 11 heteroatoms. The highest BCUT2D eigenvalue weighted by Gasteiger charge is 2.47. The van der Waals surface area contributed by atoms with Crippen molar-refractivity contribution in [2.75, 3.05) is 5.32 Å². The van der Waals surface area contributed by atoms with Crippen molar-refractivity contribution in [3.8, 4) is 22.8 Å². The van der Waals surface area contributed by atoms with E-state index in [0.717, 1.165) is 31.9 Å². The molecule has 0 unspecified atom stereocenters. The van der Waals surface area contributed by atoms with Crippen LogP contribution in [0, 0.1) is 29.4 Å². The number of anilines is 1. The number of carboxylic acid groups (broad SMARTS) is 1. The minimum Gasteiger partial charge on any atom is -0.481 e. The molecule has 0 saturated heterocycles. The maximum Gasteiger partial charge on any atom is 0.308 e. The molecule has 4 heterocycles. The molecule has 3 aliphatic carbocycles. The van der Waals surface area contributed by atoms with Gasteiger partial charge in [0.25, 0.3) is 0 Å². The van der Waals surface area contributed by atoms with Gasteiger partial charge in [-0.25, -0.2) is 23.7 Å². The molecule has 174 valence electrons. The number of aromatic nitrogens is 6. The zero-order chi connectivity index (χ0) is 23.4. The van der Waals surface area contributed by atoms with Crippen molar-refractivity contribution < 1.29 is 18.7 Å². The molecule has 0 radical (unpaired) electrons. The number of nitrogens with one attached hydrogen (secondary N) is 3. The van der Waals surface area contributed by atoms with E-state index in [9.17, 15) is 14.3 Å². The monoisotopic (exact) mass is 465 g/mol. The third-order valence-corrected chi connectivity index (χ3v) is 7.14. The summed E-state index contributed by atoms with van der Waals surface area (Å²) in [6.45, 7) is 0. The lowest BCUT2D eigenvalue weighted by atomic mass is 9.61. The van der Waals surface area contributed by atoms with Crippen LogP contribution in [0.2, 0.25) is 0 Å². The highest BCUT2D eigenvalue weighted by atomic mass is 19.1. The lowest BCUT2D eigenvalue weighted by Crippen LogP contribution is -2.51. The van der Waals surface area contributed by atoms with Gasteiger partial charge in [-0.2, -0.15) is 5.10 Å². The first-order valence-corrected chi connectivity index (χ1v) is 11.2. The van der Waals surface area contributed by atoms with Gasteiger partial charge in [0.05, 0.1) is 12.1 Å². The molecule has 2 atom stereocenters. The first kappa shape index (κ1) is 20.7. The lowest BCUT2D eigenvalue weighted by molar-refractivity contribution is -0.148. The van der Waals surface area contributed by atoms with E-state index < -0.39 is 29.6 Å². The molecule has 3 aliphatic rings. The summed E-state index contributed by atoms with van der Waals surface area (Å²) >= 11 is 0. The average Bonchev–Trinajstić information content (AvgIpc) is 3.51. The predicted molar refractivity (Wildman–Crippen MR) is 119 cm³/mol. The smallest absolute Gasteiger partial charge is 0.308 e. The Kier molecular flexibility index (Phi) is 4.78. The van der Waals surface area contributed by atoms with Crippen LogP contribution in [0.1, 0.15) is 25.7 Å². The Morgan fingerprint density at radius 1 is 1.15 bits per heavy atom. The van der Waals surface area contributed by atoms with E-state index in [2.05, 4.69) is 35.5 Å². The van der Waals surface area contributed by atoms with Crippen molar-refractivity contribution in [3.63, 3.8) is 0 Å². The molecule has 0 spiro atoms. The van der Waals surface area contributed by atoms with Crippen LogP contribution in [0.15, 0.2) is 30.7 Å². The quantitative estimate of drug-likeness (QED) is 0.350. The molecule has 4 aromatic heterocycles. The Bertz CT molecular complexity index is 1380. The van der Waals surface area contributed by atoms with Crippen molar-refractivity contribution in [2.45, 2.75) is 31.7 Å². The second-order valence-corrected chi connectivity index (χ2v) is 8.98. The SMILES string of the molecule is O=C(O)[C@H]1C2CCC(CC2)[C@@H]1Nc1nc(-c2c[nH]c3ncc(F)cc23)nc(-c2cc[nH]n2)c1F. The van der Waals surface area contributed by atoms with E-state index in [1.54, 1.807) is 18.5 Å². The van der Waals surface area contributed by atoms with E-state index in [1.165, 1.54) is 6.07 Å². The predicted octanol–water partition coefficient (Wildman–Crippen LogP) is 3.99. The highest BCUT2D eigenvalue weighted by molar-refractivity contribution is 5.92. The summed E-state index contributed by atoms with van der Waals surface area (Å²) in [5.41, 5.74) is 1.12. The molecular formula is C23H21F2N7O2. The Morgan fingerprint density at radius 2 is 1.94 bits per heavy atom. The largest absolute Gasteiger partial charge is 0.481 e. The summed E-state index contributed by atoms with van der Waals surface area (Å²) in [4.78, 5) is 27.9. The summed E-state index contributed by atoms with van der Waals surface area (Å²) in [5.74, 6) is -2.52. The first-order valence-electron chi connectivity index (χ1n) is 11.2. The van der Waals surface area contributed by atoms with Gasteiger partial charge in [0.2, 0.25) is 0 Å². The molecule has 0 amide bonds. The fraction of sp³-hybridized carbons (Fsp3) is 0.348. The summed E-state index contributed by atoms with van der Waals surface area (Å²) in [6.07, 6.45) is 7.75. The van der Waals surface area contributed by atoms with Crippen LogP contribution >= 0.6 is 0 Å². The molecule has 7 rings (SSSR count). The summed E-state index contributed by atoms with van der Waals surface area (Å²) < 4.78 is 29.6. The first-order chi connectivity index (χ1) is 16.5. The molecule has 3 fully saturated rings. The minimum atomic E-state index is -0.882. The second-order valence-electron chi connectivity index (χ2n) is 8.98. The van der Waals surface area contributed by atoms with Gasteiger partial charge in [-0.1, -0.05) is 0 Å². The molecule has 4 aromatic rings. The number of rotatable bonds is 5.